The van der Waals surface area contributed by atoms with Crippen LogP contribution in [0.3, 0.4) is 0 Å². The molecule has 0 fully saturated rings. The van der Waals surface area contributed by atoms with E-state index < -0.39 is 16.0 Å². The molecule has 6 nitrogen and oxygen atoms in total. The van der Waals surface area contributed by atoms with E-state index in [2.05, 4.69) is 4.72 Å². The fraction of sp³-hybridized carbons (Fsp3) is 0.333. The molecule has 0 aromatic heterocycles. The molecule has 0 saturated carbocycles. The highest BCUT2D eigenvalue weighted by atomic mass is 32.2. The Morgan fingerprint density at radius 3 is 2.58 bits per heavy atom. The highest BCUT2D eigenvalue weighted by Gasteiger charge is 2.16. The number of nitrogens with one attached hydrogen (secondary N) is 1. The van der Waals surface area contributed by atoms with Crippen molar-refractivity contribution in [2.24, 2.45) is 0 Å². The minimum atomic E-state index is -3.62. The summed E-state index contributed by atoms with van der Waals surface area (Å²) in [4.78, 5) is 22.3. The van der Waals surface area contributed by atoms with Crippen LogP contribution < -0.4 is 4.72 Å². The monoisotopic (exact) mass is 285 g/mol. The van der Waals surface area contributed by atoms with Gasteiger partial charge in [0.2, 0.25) is 10.0 Å². The average molecular weight is 285 g/mol. The molecule has 0 aliphatic carbocycles. The number of rotatable bonds is 6. The van der Waals surface area contributed by atoms with Crippen LogP contribution in [0.15, 0.2) is 29.2 Å². The van der Waals surface area contributed by atoms with Crippen LogP contribution in [0.5, 0.6) is 0 Å². The van der Waals surface area contributed by atoms with Gasteiger partial charge in [-0.2, -0.15) is 0 Å². The first-order valence-electron chi connectivity index (χ1n) is 5.63. The molecule has 104 valence electrons. The predicted molar refractivity (Wildman–Crippen MR) is 68.3 cm³/mol. The summed E-state index contributed by atoms with van der Waals surface area (Å²) in [5.74, 6) is -1.02. The second kappa shape index (κ2) is 6.44. The number of esters is 1. The minimum Gasteiger partial charge on any atom is -0.454 e. The van der Waals surface area contributed by atoms with Crippen LogP contribution in [0.25, 0.3) is 0 Å². The van der Waals surface area contributed by atoms with Gasteiger partial charge in [0.1, 0.15) is 6.61 Å². The maximum absolute atomic E-state index is 11.8. The van der Waals surface area contributed by atoms with Crippen LogP contribution in [-0.4, -0.2) is 33.3 Å². The van der Waals surface area contributed by atoms with E-state index in [1.807, 2.05) is 0 Å². The molecule has 1 N–H and O–H groups in total. The van der Waals surface area contributed by atoms with Gasteiger partial charge in [-0.3, -0.25) is 4.79 Å². The maximum Gasteiger partial charge on any atom is 0.338 e. The van der Waals surface area contributed by atoms with Gasteiger partial charge in [0, 0.05) is 6.54 Å². The molecule has 0 spiro atoms. The van der Waals surface area contributed by atoms with Gasteiger partial charge in [0.15, 0.2) is 5.78 Å². The van der Waals surface area contributed by atoms with Crippen molar-refractivity contribution in [2.45, 2.75) is 18.7 Å². The standard InChI is InChI=1S/C12H15NO5S/c1-3-13-19(16,17)11-6-4-5-10(7-11)12(15)18-8-9(2)14/h4-7,13H,3,8H2,1-2H3. The first-order chi connectivity index (χ1) is 8.86. The van der Waals surface area contributed by atoms with Gasteiger partial charge in [-0.15, -0.1) is 0 Å². The van der Waals surface area contributed by atoms with E-state index in [0.717, 1.165) is 0 Å². The van der Waals surface area contributed by atoms with E-state index in [0.29, 0.717) is 0 Å². The summed E-state index contributed by atoms with van der Waals surface area (Å²) in [5, 5.41) is 0. The molecule has 0 heterocycles. The number of sulfonamides is 1. The highest BCUT2D eigenvalue weighted by molar-refractivity contribution is 7.89. The summed E-state index contributed by atoms with van der Waals surface area (Å²) >= 11 is 0. The number of ether oxygens (including phenoxy) is 1. The summed E-state index contributed by atoms with van der Waals surface area (Å²) in [6, 6.07) is 5.45. The Morgan fingerprint density at radius 1 is 1.32 bits per heavy atom. The maximum atomic E-state index is 11.8. The Balaban J connectivity index is 2.94. The van der Waals surface area contributed by atoms with E-state index >= 15 is 0 Å². The number of carbonyl (C=O) groups excluding carboxylic acids is 2. The largest absolute Gasteiger partial charge is 0.454 e. The molecule has 0 radical (unpaired) electrons. The van der Waals surface area contributed by atoms with Crippen LogP contribution >= 0.6 is 0 Å². The summed E-state index contributed by atoms with van der Waals surface area (Å²) < 4.78 is 30.5. The lowest BCUT2D eigenvalue weighted by atomic mass is 10.2. The first kappa shape index (κ1) is 15.3. The molecule has 0 aliphatic rings. The van der Waals surface area contributed by atoms with E-state index in [-0.39, 0.29) is 29.4 Å². The van der Waals surface area contributed by atoms with Gasteiger partial charge < -0.3 is 4.74 Å². The van der Waals surface area contributed by atoms with Crippen molar-refractivity contribution in [1.29, 1.82) is 0 Å². The van der Waals surface area contributed by atoms with E-state index in [9.17, 15) is 18.0 Å². The van der Waals surface area contributed by atoms with Crippen LogP contribution in [0.2, 0.25) is 0 Å². The third-order valence-electron chi connectivity index (χ3n) is 2.12. The molecule has 1 aromatic rings. The van der Waals surface area contributed by atoms with Crippen molar-refractivity contribution in [3.05, 3.63) is 29.8 Å². The topological polar surface area (TPSA) is 89.5 Å². The number of hydrogen-bond acceptors (Lipinski definition) is 5. The minimum absolute atomic E-state index is 0.0216. The highest BCUT2D eigenvalue weighted by Crippen LogP contribution is 2.12. The van der Waals surface area contributed by atoms with Gasteiger partial charge in [-0.25, -0.2) is 17.9 Å². The van der Waals surface area contributed by atoms with Crippen molar-refractivity contribution in [1.82, 2.24) is 4.72 Å². The molecule has 0 atom stereocenters. The lowest BCUT2D eigenvalue weighted by molar-refractivity contribution is -0.120. The molecule has 0 aliphatic heterocycles. The molecular weight excluding hydrogens is 270 g/mol. The Labute approximate surface area is 111 Å². The van der Waals surface area contributed by atoms with Gasteiger partial charge in [-0.1, -0.05) is 13.0 Å². The lowest BCUT2D eigenvalue weighted by Crippen LogP contribution is -2.23. The van der Waals surface area contributed by atoms with Gasteiger partial charge >= 0.3 is 5.97 Å². The van der Waals surface area contributed by atoms with E-state index in [4.69, 9.17) is 4.74 Å². The number of benzene rings is 1. The fourth-order valence-electron chi connectivity index (χ4n) is 1.31. The van der Waals surface area contributed by atoms with E-state index in [1.165, 1.54) is 31.2 Å². The smallest absolute Gasteiger partial charge is 0.338 e. The zero-order chi connectivity index (χ0) is 14.5. The van der Waals surface area contributed by atoms with Crippen molar-refractivity contribution in [2.75, 3.05) is 13.2 Å². The quantitative estimate of drug-likeness (QED) is 0.778. The Kier molecular flexibility index (Phi) is 5.20. The van der Waals surface area contributed by atoms with Crippen molar-refractivity contribution < 1.29 is 22.7 Å². The molecule has 19 heavy (non-hydrogen) atoms. The third-order valence-corrected chi connectivity index (χ3v) is 3.66. The SMILES string of the molecule is CCNS(=O)(=O)c1cccc(C(=O)OCC(C)=O)c1. The van der Waals surface area contributed by atoms with Gasteiger partial charge in [-0.05, 0) is 25.1 Å². The van der Waals surface area contributed by atoms with Gasteiger partial charge in [0.05, 0.1) is 10.5 Å². The van der Waals surface area contributed by atoms with Crippen LogP contribution in [0.4, 0.5) is 0 Å². The number of hydrogen-bond donors (Lipinski definition) is 1. The molecule has 7 heteroatoms. The van der Waals surface area contributed by atoms with Crippen molar-refractivity contribution >= 4 is 21.8 Å². The zero-order valence-electron chi connectivity index (χ0n) is 10.7. The summed E-state index contributed by atoms with van der Waals surface area (Å²) in [6.07, 6.45) is 0. The van der Waals surface area contributed by atoms with Crippen molar-refractivity contribution in [3.63, 3.8) is 0 Å². The molecular formula is C12H15NO5S. The second-order valence-corrected chi connectivity index (χ2v) is 5.57. The van der Waals surface area contributed by atoms with Crippen LogP contribution in [0, 0.1) is 0 Å². The first-order valence-corrected chi connectivity index (χ1v) is 7.11. The number of ketones is 1. The second-order valence-electron chi connectivity index (χ2n) is 3.81. The third kappa shape index (κ3) is 4.46. The number of carbonyl (C=O) groups is 2. The van der Waals surface area contributed by atoms with E-state index in [1.54, 1.807) is 6.92 Å². The van der Waals surface area contributed by atoms with Gasteiger partial charge in [0.25, 0.3) is 0 Å². The summed E-state index contributed by atoms with van der Waals surface area (Å²) in [5.41, 5.74) is 0.0835. The number of Topliss-reactive ketones (excluding diaryl/α,β-unsaturated/α-hetero) is 1. The lowest BCUT2D eigenvalue weighted by Gasteiger charge is -2.06. The molecule has 0 unspecified atom stereocenters. The molecule has 0 amide bonds. The van der Waals surface area contributed by atoms with Crippen LogP contribution in [-0.2, 0) is 19.6 Å². The Morgan fingerprint density at radius 2 is 2.00 bits per heavy atom. The fourth-order valence-corrected chi connectivity index (χ4v) is 2.40. The molecule has 1 rings (SSSR count). The summed E-state index contributed by atoms with van der Waals surface area (Å²) in [7, 11) is -3.62. The normalized spacial score (nSPS) is 11.1. The summed E-state index contributed by atoms with van der Waals surface area (Å²) in [6.45, 7) is 2.87. The molecule has 0 saturated heterocycles. The van der Waals surface area contributed by atoms with Crippen LogP contribution in [0.1, 0.15) is 24.2 Å². The predicted octanol–water partition coefficient (Wildman–Crippen LogP) is 0.731. The van der Waals surface area contributed by atoms with Crippen molar-refractivity contribution in [3.8, 4) is 0 Å². The molecule has 0 bridgehead atoms. The zero-order valence-corrected chi connectivity index (χ0v) is 11.5. The average Bonchev–Trinajstić information content (AvgIpc) is 2.36. The Hall–Kier alpha value is -1.73. The molecule has 1 aromatic carbocycles. The Bertz CT molecular complexity index is 580.